The third-order valence-corrected chi connectivity index (χ3v) is 6.58. The van der Waals surface area contributed by atoms with E-state index in [1.54, 1.807) is 12.4 Å². The van der Waals surface area contributed by atoms with Gasteiger partial charge < -0.3 is 15.7 Å². The second-order valence-electron chi connectivity index (χ2n) is 8.70. The van der Waals surface area contributed by atoms with E-state index in [9.17, 15) is 4.79 Å². The summed E-state index contributed by atoms with van der Waals surface area (Å²) >= 11 is 0. The Labute approximate surface area is 183 Å². The number of hydrogen-bond donors (Lipinski definition) is 2. The van der Waals surface area contributed by atoms with Gasteiger partial charge in [-0.05, 0) is 50.2 Å². The summed E-state index contributed by atoms with van der Waals surface area (Å²) in [5.74, 6) is -0.342. The Kier molecular flexibility index (Phi) is 6.92. The second kappa shape index (κ2) is 10.0. The summed E-state index contributed by atoms with van der Waals surface area (Å²) in [4.78, 5) is 27.5. The van der Waals surface area contributed by atoms with Crippen LogP contribution in [0.3, 0.4) is 0 Å². The Balaban J connectivity index is 1.32. The molecule has 1 aliphatic carbocycles. The monoisotopic (exact) mass is 421 g/mol. The fourth-order valence-electron chi connectivity index (χ4n) is 4.90. The molecule has 1 aromatic heterocycles. The molecule has 1 aliphatic heterocycles. The number of allylic oxidation sites excluding steroid dienone is 1. The van der Waals surface area contributed by atoms with E-state index in [0.717, 1.165) is 67.5 Å². The van der Waals surface area contributed by atoms with Crippen LogP contribution in [0.2, 0.25) is 0 Å². The average molecular weight is 422 g/mol. The van der Waals surface area contributed by atoms with Crippen molar-refractivity contribution in [1.82, 2.24) is 14.9 Å². The maximum Gasteiger partial charge on any atom is 0.303 e. The van der Waals surface area contributed by atoms with Crippen LogP contribution in [0.1, 0.15) is 50.6 Å². The van der Waals surface area contributed by atoms with E-state index in [0.29, 0.717) is 18.4 Å². The second-order valence-corrected chi connectivity index (χ2v) is 8.70. The molecule has 1 saturated heterocycles. The van der Waals surface area contributed by atoms with E-state index < -0.39 is 5.97 Å². The number of aliphatic imine (C=N–C) groups is 1. The van der Waals surface area contributed by atoms with Crippen LogP contribution in [0.5, 0.6) is 0 Å². The van der Waals surface area contributed by atoms with Crippen LogP contribution < -0.4 is 5.73 Å². The molecule has 0 radical (unpaired) electrons. The predicted octanol–water partition coefficient (Wildman–Crippen LogP) is 3.50. The van der Waals surface area contributed by atoms with Crippen molar-refractivity contribution >= 4 is 28.8 Å². The molecule has 7 nitrogen and oxygen atoms in total. The van der Waals surface area contributed by atoms with Crippen molar-refractivity contribution in [3.05, 3.63) is 42.4 Å². The number of carbonyl (C=O) groups is 1. The largest absolute Gasteiger partial charge is 0.481 e. The Morgan fingerprint density at radius 3 is 2.71 bits per heavy atom. The minimum atomic E-state index is -0.668. The highest BCUT2D eigenvalue weighted by Crippen LogP contribution is 2.31. The van der Waals surface area contributed by atoms with Gasteiger partial charge in [0.2, 0.25) is 0 Å². The number of fused-ring (bicyclic) bond motifs is 1. The SMILES string of the molecule is NC=C(C=NC1CCN(C2CCCC(CC(=O)O)C2)CC1)c1cnc2ccccc2n1. The summed E-state index contributed by atoms with van der Waals surface area (Å²) in [6.45, 7) is 2.04. The van der Waals surface area contributed by atoms with E-state index >= 15 is 0 Å². The van der Waals surface area contributed by atoms with Crippen LogP contribution in [0.25, 0.3) is 16.6 Å². The van der Waals surface area contributed by atoms with Crippen molar-refractivity contribution in [3.63, 3.8) is 0 Å². The molecule has 164 valence electrons. The number of rotatable bonds is 6. The Hall–Kier alpha value is -2.80. The van der Waals surface area contributed by atoms with E-state index in [-0.39, 0.29) is 6.04 Å². The van der Waals surface area contributed by atoms with Crippen LogP contribution in [0, 0.1) is 5.92 Å². The molecule has 2 heterocycles. The lowest BCUT2D eigenvalue weighted by Gasteiger charge is -2.40. The van der Waals surface area contributed by atoms with Crippen molar-refractivity contribution in [2.24, 2.45) is 16.6 Å². The van der Waals surface area contributed by atoms with E-state index in [1.807, 2.05) is 30.5 Å². The molecule has 7 heteroatoms. The summed E-state index contributed by atoms with van der Waals surface area (Å²) in [7, 11) is 0. The molecule has 31 heavy (non-hydrogen) atoms. The molecule has 0 bridgehead atoms. The summed E-state index contributed by atoms with van der Waals surface area (Å²) in [5, 5.41) is 9.10. The lowest BCUT2D eigenvalue weighted by molar-refractivity contribution is -0.138. The fraction of sp³-hybridized carbons (Fsp3) is 0.500. The highest BCUT2D eigenvalue weighted by Gasteiger charge is 2.30. The standard InChI is InChI=1S/C24H31N5O2/c25-14-18(23-16-27-21-6-1-2-7-22(21)28-23)15-26-19-8-10-29(11-9-19)20-5-3-4-17(12-20)13-24(30)31/h1-2,6-7,14-17,19-20H,3-5,8-13,25H2,(H,30,31). The first-order valence-corrected chi connectivity index (χ1v) is 11.3. The summed E-state index contributed by atoms with van der Waals surface area (Å²) in [6, 6.07) is 8.58. The molecule has 2 atom stereocenters. The van der Waals surface area contributed by atoms with Gasteiger partial charge in [0.1, 0.15) is 0 Å². The van der Waals surface area contributed by atoms with Gasteiger partial charge in [-0.25, -0.2) is 4.98 Å². The van der Waals surface area contributed by atoms with Crippen molar-refractivity contribution < 1.29 is 9.90 Å². The third-order valence-electron chi connectivity index (χ3n) is 6.58. The molecule has 4 rings (SSSR count). The maximum atomic E-state index is 11.1. The number of aliphatic carboxylic acids is 1. The number of carboxylic acids is 1. The lowest BCUT2D eigenvalue weighted by atomic mass is 9.82. The van der Waals surface area contributed by atoms with Crippen LogP contribution in [0.15, 0.2) is 41.7 Å². The Morgan fingerprint density at radius 2 is 1.97 bits per heavy atom. The van der Waals surface area contributed by atoms with E-state index in [4.69, 9.17) is 15.8 Å². The van der Waals surface area contributed by atoms with Crippen molar-refractivity contribution in [2.75, 3.05) is 13.1 Å². The number of piperidine rings is 1. The lowest BCUT2D eigenvalue weighted by Crippen LogP contribution is -2.44. The quantitative estimate of drug-likeness (QED) is 0.692. The van der Waals surface area contributed by atoms with Gasteiger partial charge in [-0.2, -0.15) is 0 Å². The number of hydrogen-bond acceptors (Lipinski definition) is 6. The number of aromatic nitrogens is 2. The first kappa shape index (κ1) is 21.4. The first-order chi connectivity index (χ1) is 15.1. The topological polar surface area (TPSA) is 105 Å². The molecule has 3 N–H and O–H groups in total. The van der Waals surface area contributed by atoms with Crippen LogP contribution in [-0.2, 0) is 4.79 Å². The van der Waals surface area contributed by atoms with Gasteiger partial charge in [0, 0.05) is 43.5 Å². The van der Waals surface area contributed by atoms with Gasteiger partial charge in [-0.3, -0.25) is 14.8 Å². The normalized spacial score (nSPS) is 24.1. The predicted molar refractivity (Wildman–Crippen MR) is 123 cm³/mol. The van der Waals surface area contributed by atoms with Gasteiger partial charge in [-0.1, -0.05) is 18.6 Å². The van der Waals surface area contributed by atoms with Crippen LogP contribution in [0.4, 0.5) is 0 Å². The molecule has 0 amide bonds. The molecular weight excluding hydrogens is 390 g/mol. The molecule has 1 aromatic carbocycles. The van der Waals surface area contributed by atoms with Gasteiger partial charge >= 0.3 is 5.97 Å². The van der Waals surface area contributed by atoms with Crippen molar-refractivity contribution in [1.29, 1.82) is 0 Å². The van der Waals surface area contributed by atoms with Gasteiger partial charge in [-0.15, -0.1) is 0 Å². The molecule has 2 aliphatic rings. The maximum absolute atomic E-state index is 11.1. The average Bonchev–Trinajstić information content (AvgIpc) is 2.79. The van der Waals surface area contributed by atoms with E-state index in [2.05, 4.69) is 14.9 Å². The zero-order valence-electron chi connectivity index (χ0n) is 17.9. The highest BCUT2D eigenvalue weighted by atomic mass is 16.4. The third kappa shape index (κ3) is 5.47. The fourth-order valence-corrected chi connectivity index (χ4v) is 4.90. The number of para-hydroxylation sites is 2. The number of likely N-dealkylation sites (tertiary alicyclic amines) is 1. The first-order valence-electron chi connectivity index (χ1n) is 11.3. The number of benzene rings is 1. The summed E-state index contributed by atoms with van der Waals surface area (Å²) < 4.78 is 0. The Morgan fingerprint density at radius 1 is 1.19 bits per heavy atom. The van der Waals surface area contributed by atoms with Crippen molar-refractivity contribution in [3.8, 4) is 0 Å². The van der Waals surface area contributed by atoms with Crippen LogP contribution >= 0.6 is 0 Å². The Bertz CT molecular complexity index is 965. The van der Waals surface area contributed by atoms with Gasteiger partial charge in [0.25, 0.3) is 0 Å². The number of nitrogens with zero attached hydrogens (tertiary/aromatic N) is 4. The minimum Gasteiger partial charge on any atom is -0.481 e. The molecular formula is C24H31N5O2. The molecule has 2 fully saturated rings. The number of carboxylic acid groups (broad SMARTS) is 1. The molecule has 1 saturated carbocycles. The van der Waals surface area contributed by atoms with E-state index in [1.165, 1.54) is 6.42 Å². The van der Waals surface area contributed by atoms with Crippen molar-refractivity contribution in [2.45, 2.75) is 57.0 Å². The summed E-state index contributed by atoms with van der Waals surface area (Å²) in [5.41, 5.74) is 9.08. The van der Waals surface area contributed by atoms with Crippen LogP contribution in [-0.4, -0.2) is 57.3 Å². The number of nitrogens with two attached hydrogens (primary N) is 1. The zero-order valence-corrected chi connectivity index (χ0v) is 17.9. The van der Waals surface area contributed by atoms with Gasteiger partial charge in [0.15, 0.2) is 0 Å². The van der Waals surface area contributed by atoms with Gasteiger partial charge in [0.05, 0.1) is 29.0 Å². The highest BCUT2D eigenvalue weighted by molar-refractivity contribution is 6.09. The summed E-state index contributed by atoms with van der Waals surface area (Å²) in [6.07, 6.45) is 11.8. The molecule has 0 spiro atoms. The zero-order chi connectivity index (χ0) is 21.6. The molecule has 2 aromatic rings. The molecule has 2 unspecified atom stereocenters. The smallest absolute Gasteiger partial charge is 0.303 e. The minimum absolute atomic E-state index is 0.276.